The topological polar surface area (TPSA) is 101 Å². The summed E-state index contributed by atoms with van der Waals surface area (Å²) in [6, 6.07) is 9.33. The van der Waals surface area contributed by atoms with E-state index in [2.05, 4.69) is 10.9 Å². The van der Waals surface area contributed by atoms with Gasteiger partial charge in [0.15, 0.2) is 0 Å². The molecule has 8 heteroatoms. The molecule has 0 bridgehead atoms. The Balaban J connectivity index is 2.05. The molecule has 2 aromatic rings. The average molecular weight is 317 g/mol. The fraction of sp³-hybridized carbons (Fsp3) is 0.0667. The molecule has 0 spiro atoms. The number of nitro benzene ring substituents is 1. The van der Waals surface area contributed by atoms with E-state index in [1.165, 1.54) is 0 Å². The van der Waals surface area contributed by atoms with Crippen LogP contribution in [0.1, 0.15) is 26.3 Å². The van der Waals surface area contributed by atoms with E-state index in [1.54, 1.807) is 24.3 Å². The summed E-state index contributed by atoms with van der Waals surface area (Å²) in [5.41, 5.74) is 4.63. The highest BCUT2D eigenvalue weighted by atomic mass is 19.1. The first-order valence-corrected chi connectivity index (χ1v) is 6.50. The van der Waals surface area contributed by atoms with Gasteiger partial charge in [-0.15, -0.1) is 0 Å². The molecule has 0 aliphatic rings. The Bertz CT molecular complexity index is 775. The zero-order chi connectivity index (χ0) is 17.0. The molecule has 0 radical (unpaired) electrons. The summed E-state index contributed by atoms with van der Waals surface area (Å²) in [5, 5.41) is 10.6. The van der Waals surface area contributed by atoms with E-state index in [4.69, 9.17) is 0 Å². The first-order chi connectivity index (χ1) is 10.9. The highest BCUT2D eigenvalue weighted by molar-refractivity contribution is 5.99. The maximum Gasteiger partial charge on any atom is 0.305 e. The van der Waals surface area contributed by atoms with E-state index in [0.29, 0.717) is 5.56 Å². The van der Waals surface area contributed by atoms with Gasteiger partial charge in [-0.1, -0.05) is 17.7 Å². The van der Waals surface area contributed by atoms with E-state index in [9.17, 15) is 24.1 Å². The number of hydrogen-bond donors (Lipinski definition) is 2. The molecule has 0 atom stereocenters. The van der Waals surface area contributed by atoms with Crippen LogP contribution in [-0.2, 0) is 0 Å². The van der Waals surface area contributed by atoms with Crippen molar-refractivity contribution in [3.63, 3.8) is 0 Å². The lowest BCUT2D eigenvalue weighted by molar-refractivity contribution is -0.387. The minimum Gasteiger partial charge on any atom is -0.267 e. The second kappa shape index (κ2) is 6.65. The smallest absolute Gasteiger partial charge is 0.267 e. The largest absolute Gasteiger partial charge is 0.305 e. The SMILES string of the molecule is Cc1ccc(C(=O)NNC(=O)c2ccc(F)c([N+](=O)[O-])c2)cc1. The van der Waals surface area contributed by atoms with Crippen molar-refractivity contribution in [3.8, 4) is 0 Å². The van der Waals surface area contributed by atoms with Crippen LogP contribution < -0.4 is 10.9 Å². The number of nitro groups is 1. The molecule has 7 nitrogen and oxygen atoms in total. The van der Waals surface area contributed by atoms with Gasteiger partial charge in [0.05, 0.1) is 4.92 Å². The molecule has 0 aliphatic heterocycles. The van der Waals surface area contributed by atoms with Gasteiger partial charge in [-0.3, -0.25) is 30.6 Å². The van der Waals surface area contributed by atoms with Crippen LogP contribution in [0.15, 0.2) is 42.5 Å². The number of carbonyl (C=O) groups is 2. The average Bonchev–Trinajstić information content (AvgIpc) is 2.53. The second-order valence-corrected chi connectivity index (χ2v) is 4.70. The van der Waals surface area contributed by atoms with Crippen LogP contribution in [0.5, 0.6) is 0 Å². The number of hydrazine groups is 1. The minimum atomic E-state index is -1.05. The molecule has 0 fully saturated rings. The third kappa shape index (κ3) is 3.88. The number of hydrogen-bond acceptors (Lipinski definition) is 4. The molecule has 23 heavy (non-hydrogen) atoms. The van der Waals surface area contributed by atoms with Crippen LogP contribution in [0.2, 0.25) is 0 Å². The Kier molecular flexibility index (Phi) is 4.65. The highest BCUT2D eigenvalue weighted by Gasteiger charge is 2.17. The lowest BCUT2D eigenvalue weighted by Gasteiger charge is -2.07. The molecule has 0 aromatic heterocycles. The van der Waals surface area contributed by atoms with Gasteiger partial charge >= 0.3 is 5.69 Å². The van der Waals surface area contributed by atoms with Crippen LogP contribution in [-0.4, -0.2) is 16.7 Å². The number of carbonyl (C=O) groups excluding carboxylic acids is 2. The molecular weight excluding hydrogens is 305 g/mol. The summed E-state index contributed by atoms with van der Waals surface area (Å²) in [6.45, 7) is 1.87. The van der Waals surface area contributed by atoms with E-state index in [1.807, 2.05) is 6.92 Å². The summed E-state index contributed by atoms with van der Waals surface area (Å²) in [5.74, 6) is -2.39. The third-order valence-corrected chi connectivity index (χ3v) is 3.01. The third-order valence-electron chi connectivity index (χ3n) is 3.01. The van der Waals surface area contributed by atoms with Crippen LogP contribution >= 0.6 is 0 Å². The summed E-state index contributed by atoms with van der Waals surface area (Å²) >= 11 is 0. The lowest BCUT2D eigenvalue weighted by Crippen LogP contribution is -2.41. The number of aryl methyl sites for hydroxylation is 1. The second-order valence-electron chi connectivity index (χ2n) is 4.70. The standard InChI is InChI=1S/C15H12FN3O4/c1-9-2-4-10(5-3-9)14(20)17-18-15(21)11-6-7-12(16)13(8-11)19(22)23/h2-8H,1H3,(H,17,20)(H,18,21). The van der Waals surface area contributed by atoms with Crippen LogP contribution in [0, 0.1) is 22.9 Å². The van der Waals surface area contributed by atoms with E-state index in [0.717, 1.165) is 23.8 Å². The molecular formula is C15H12FN3O4. The number of halogens is 1. The molecule has 0 aliphatic carbocycles. The van der Waals surface area contributed by atoms with Crippen molar-refractivity contribution in [1.82, 2.24) is 10.9 Å². The highest BCUT2D eigenvalue weighted by Crippen LogP contribution is 2.18. The van der Waals surface area contributed by atoms with Gasteiger partial charge < -0.3 is 0 Å². The maximum absolute atomic E-state index is 13.2. The van der Waals surface area contributed by atoms with Gasteiger partial charge in [0, 0.05) is 17.2 Å². The van der Waals surface area contributed by atoms with Crippen LogP contribution in [0.3, 0.4) is 0 Å². The quantitative estimate of drug-likeness (QED) is 0.668. The number of nitrogens with zero attached hydrogens (tertiary/aromatic N) is 1. The van der Waals surface area contributed by atoms with Gasteiger partial charge in [-0.05, 0) is 31.2 Å². The molecule has 0 heterocycles. The van der Waals surface area contributed by atoms with E-state index >= 15 is 0 Å². The number of rotatable bonds is 3. The first-order valence-electron chi connectivity index (χ1n) is 6.50. The van der Waals surface area contributed by atoms with Gasteiger partial charge in [0.1, 0.15) is 0 Å². The summed E-state index contributed by atoms with van der Waals surface area (Å²) in [4.78, 5) is 33.4. The van der Waals surface area contributed by atoms with E-state index in [-0.39, 0.29) is 5.56 Å². The Morgan fingerprint density at radius 3 is 2.09 bits per heavy atom. The van der Waals surface area contributed by atoms with Crippen molar-refractivity contribution in [1.29, 1.82) is 0 Å². The number of amides is 2. The molecule has 118 valence electrons. The van der Waals surface area contributed by atoms with Crippen molar-refractivity contribution >= 4 is 17.5 Å². The van der Waals surface area contributed by atoms with Crippen molar-refractivity contribution in [2.45, 2.75) is 6.92 Å². The van der Waals surface area contributed by atoms with Crippen molar-refractivity contribution in [2.75, 3.05) is 0 Å². The molecule has 0 saturated heterocycles. The molecule has 0 unspecified atom stereocenters. The molecule has 0 saturated carbocycles. The Morgan fingerprint density at radius 2 is 1.52 bits per heavy atom. The lowest BCUT2D eigenvalue weighted by atomic mass is 10.1. The van der Waals surface area contributed by atoms with E-state index < -0.39 is 28.2 Å². The van der Waals surface area contributed by atoms with Crippen LogP contribution in [0.25, 0.3) is 0 Å². The van der Waals surface area contributed by atoms with Gasteiger partial charge in [-0.2, -0.15) is 4.39 Å². The monoisotopic (exact) mass is 317 g/mol. The summed E-state index contributed by atoms with van der Waals surface area (Å²) in [7, 11) is 0. The summed E-state index contributed by atoms with van der Waals surface area (Å²) < 4.78 is 13.2. The number of benzene rings is 2. The molecule has 2 aromatic carbocycles. The number of nitrogens with one attached hydrogen (secondary N) is 2. The first kappa shape index (κ1) is 16.1. The van der Waals surface area contributed by atoms with Crippen LogP contribution in [0.4, 0.5) is 10.1 Å². The fourth-order valence-electron chi connectivity index (χ4n) is 1.76. The summed E-state index contributed by atoms with van der Waals surface area (Å²) in [6.07, 6.45) is 0. The predicted octanol–water partition coefficient (Wildman–Crippen LogP) is 2.12. The Hall–Kier alpha value is -3.29. The zero-order valence-corrected chi connectivity index (χ0v) is 12.0. The minimum absolute atomic E-state index is 0.151. The molecule has 2 N–H and O–H groups in total. The maximum atomic E-state index is 13.2. The van der Waals surface area contributed by atoms with Crippen molar-refractivity contribution in [2.24, 2.45) is 0 Å². The molecule has 2 amide bonds. The van der Waals surface area contributed by atoms with Gasteiger partial charge in [0.25, 0.3) is 11.8 Å². The van der Waals surface area contributed by atoms with Gasteiger partial charge in [-0.25, -0.2) is 0 Å². The Labute approximate surface area is 130 Å². The molecule has 2 rings (SSSR count). The van der Waals surface area contributed by atoms with Gasteiger partial charge in [0.2, 0.25) is 5.82 Å². The predicted molar refractivity (Wildman–Crippen MR) is 79.2 cm³/mol. The van der Waals surface area contributed by atoms with Crippen molar-refractivity contribution < 1.29 is 18.9 Å². The zero-order valence-electron chi connectivity index (χ0n) is 12.0. The Morgan fingerprint density at radius 1 is 1.00 bits per heavy atom. The van der Waals surface area contributed by atoms with Crippen molar-refractivity contribution in [3.05, 3.63) is 75.1 Å². The normalized spacial score (nSPS) is 10.0. The fourth-order valence-corrected chi connectivity index (χ4v) is 1.76.